The average molecular weight is 406 g/mol. The van der Waals surface area contributed by atoms with Gasteiger partial charge in [0.15, 0.2) is 12.1 Å². The van der Waals surface area contributed by atoms with Crippen molar-refractivity contribution in [3.05, 3.63) is 64.3 Å². The number of imidazole rings is 1. The van der Waals surface area contributed by atoms with Gasteiger partial charge in [0.2, 0.25) is 0 Å². The van der Waals surface area contributed by atoms with Gasteiger partial charge in [0, 0.05) is 10.6 Å². The number of hydrogen-bond acceptors (Lipinski definition) is 5. The lowest BCUT2D eigenvalue weighted by molar-refractivity contribution is 0.197. The summed E-state index contributed by atoms with van der Waals surface area (Å²) in [5.41, 5.74) is 1.76. The van der Waals surface area contributed by atoms with Gasteiger partial charge in [0.05, 0.1) is 35.1 Å². The smallest absolute Gasteiger partial charge is 0.158 e. The van der Waals surface area contributed by atoms with Crippen molar-refractivity contribution in [3.63, 3.8) is 0 Å². The van der Waals surface area contributed by atoms with Crippen molar-refractivity contribution in [1.29, 1.82) is 0 Å². The lowest BCUT2D eigenvalue weighted by Gasteiger charge is -2.15. The Labute approximate surface area is 162 Å². The zero-order valence-electron chi connectivity index (χ0n) is 14.2. The van der Waals surface area contributed by atoms with Crippen LogP contribution >= 0.6 is 11.6 Å². The third kappa shape index (κ3) is 3.19. The zero-order chi connectivity index (χ0) is 19.8. The summed E-state index contributed by atoms with van der Waals surface area (Å²) in [7, 11) is 0. The Hall–Kier alpha value is -3.01. The maximum atomic E-state index is 13.9. The van der Waals surface area contributed by atoms with Gasteiger partial charge in [-0.1, -0.05) is 17.7 Å². The number of aliphatic hydroxyl groups excluding tert-OH is 2. The number of fused-ring (bicyclic) bond motifs is 1. The standard InChI is InChI=1S/C18H14ClF2N5O2/c19-9-4-8(7-27)15-12(5-9)23-17(25-15)16-13(6-22-26-16)24-18(28)14-10(20)2-1-3-11(14)21/h1-6,18,24,27-28H,7H2,(H,22,26)(H,23,25). The molecule has 0 aliphatic heterocycles. The number of halogens is 3. The molecule has 0 radical (unpaired) electrons. The molecule has 7 nitrogen and oxygen atoms in total. The van der Waals surface area contributed by atoms with Crippen molar-refractivity contribution < 1.29 is 19.0 Å². The van der Waals surface area contributed by atoms with Crippen molar-refractivity contribution in [2.24, 2.45) is 0 Å². The topological polar surface area (TPSA) is 110 Å². The number of aliphatic hydroxyl groups is 2. The van der Waals surface area contributed by atoms with Gasteiger partial charge >= 0.3 is 0 Å². The van der Waals surface area contributed by atoms with Crippen LogP contribution in [-0.2, 0) is 6.61 Å². The van der Waals surface area contributed by atoms with Crippen LogP contribution in [0.3, 0.4) is 0 Å². The van der Waals surface area contributed by atoms with Crippen LogP contribution < -0.4 is 5.32 Å². The molecular formula is C18H14ClF2N5O2. The normalized spacial score (nSPS) is 12.5. The lowest BCUT2D eigenvalue weighted by atomic mass is 10.1. The summed E-state index contributed by atoms with van der Waals surface area (Å²) >= 11 is 6.04. The predicted octanol–water partition coefficient (Wildman–Crippen LogP) is 3.48. The summed E-state index contributed by atoms with van der Waals surface area (Å²) in [6, 6.07) is 6.57. The van der Waals surface area contributed by atoms with Crippen LogP contribution in [0.5, 0.6) is 0 Å². The second-order valence-corrected chi connectivity index (χ2v) is 6.48. The SMILES string of the molecule is OCc1cc(Cl)cc2[nH]c(-c3[nH]ncc3NC(O)c3c(F)cccc3F)nc12. The third-order valence-electron chi connectivity index (χ3n) is 4.24. The highest BCUT2D eigenvalue weighted by Gasteiger charge is 2.21. The molecule has 2 heterocycles. The van der Waals surface area contributed by atoms with Crippen molar-refractivity contribution in [3.8, 4) is 11.5 Å². The number of aromatic nitrogens is 4. The Morgan fingerprint density at radius 2 is 1.96 bits per heavy atom. The van der Waals surface area contributed by atoms with Crippen molar-refractivity contribution in [2.75, 3.05) is 5.32 Å². The number of anilines is 1. The fourth-order valence-electron chi connectivity index (χ4n) is 2.96. The Morgan fingerprint density at radius 3 is 2.68 bits per heavy atom. The van der Waals surface area contributed by atoms with E-state index in [1.54, 1.807) is 12.1 Å². The van der Waals surface area contributed by atoms with E-state index in [0.717, 1.165) is 12.1 Å². The number of rotatable bonds is 5. The Bertz CT molecular complexity index is 1140. The fraction of sp³-hybridized carbons (Fsp3) is 0.111. The monoisotopic (exact) mass is 405 g/mol. The van der Waals surface area contributed by atoms with Crippen molar-refractivity contribution >= 4 is 28.3 Å². The summed E-state index contributed by atoms with van der Waals surface area (Å²) < 4.78 is 27.8. The van der Waals surface area contributed by atoms with Crippen LogP contribution in [-0.4, -0.2) is 30.4 Å². The van der Waals surface area contributed by atoms with Crippen LogP contribution in [0, 0.1) is 11.6 Å². The molecule has 5 N–H and O–H groups in total. The van der Waals surface area contributed by atoms with Gasteiger partial charge in [-0.05, 0) is 24.3 Å². The van der Waals surface area contributed by atoms with Crippen LogP contribution in [0.15, 0.2) is 36.5 Å². The van der Waals surface area contributed by atoms with Gasteiger partial charge in [0.1, 0.15) is 17.3 Å². The summed E-state index contributed by atoms with van der Waals surface area (Å²) in [6.07, 6.45) is -0.297. The van der Waals surface area contributed by atoms with Gasteiger partial charge in [-0.3, -0.25) is 5.10 Å². The number of nitrogens with one attached hydrogen (secondary N) is 3. The van der Waals surface area contributed by atoms with E-state index in [-0.39, 0.29) is 12.3 Å². The molecule has 0 amide bonds. The molecule has 0 bridgehead atoms. The molecule has 0 saturated heterocycles. The van der Waals surface area contributed by atoms with Gasteiger partial charge in [-0.15, -0.1) is 0 Å². The first-order chi connectivity index (χ1) is 13.5. The molecule has 0 fully saturated rings. The van der Waals surface area contributed by atoms with Crippen LogP contribution in [0.1, 0.15) is 17.4 Å². The molecule has 10 heteroatoms. The van der Waals surface area contributed by atoms with E-state index < -0.39 is 23.4 Å². The second-order valence-electron chi connectivity index (χ2n) is 6.05. The maximum absolute atomic E-state index is 13.9. The Kier molecular flexibility index (Phi) is 4.71. The number of hydrogen-bond donors (Lipinski definition) is 5. The van der Waals surface area contributed by atoms with E-state index in [9.17, 15) is 19.0 Å². The minimum absolute atomic E-state index is 0.249. The van der Waals surface area contributed by atoms with E-state index >= 15 is 0 Å². The van der Waals surface area contributed by atoms with Crippen molar-refractivity contribution in [2.45, 2.75) is 12.8 Å². The molecule has 4 rings (SSSR count). The average Bonchev–Trinajstić information content (AvgIpc) is 3.27. The van der Waals surface area contributed by atoms with E-state index in [1.807, 2.05) is 0 Å². The molecule has 4 aromatic rings. The van der Waals surface area contributed by atoms with Crippen LogP contribution in [0.2, 0.25) is 5.02 Å². The predicted molar refractivity (Wildman–Crippen MR) is 99.5 cm³/mol. The van der Waals surface area contributed by atoms with Gasteiger partial charge < -0.3 is 20.5 Å². The van der Waals surface area contributed by atoms with E-state index in [2.05, 4.69) is 25.5 Å². The molecule has 1 unspecified atom stereocenters. The molecular weight excluding hydrogens is 392 g/mol. The highest BCUT2D eigenvalue weighted by Crippen LogP contribution is 2.31. The second kappa shape index (κ2) is 7.19. The quantitative estimate of drug-likeness (QED) is 0.326. The largest absolute Gasteiger partial charge is 0.392 e. The highest BCUT2D eigenvalue weighted by molar-refractivity contribution is 6.31. The third-order valence-corrected chi connectivity index (χ3v) is 4.46. The highest BCUT2D eigenvalue weighted by atomic mass is 35.5. The summed E-state index contributed by atoms with van der Waals surface area (Å²) in [5, 5.41) is 29.4. The number of benzene rings is 2. The van der Waals surface area contributed by atoms with E-state index in [0.29, 0.717) is 33.1 Å². The summed E-state index contributed by atoms with van der Waals surface area (Å²) in [6.45, 7) is -0.249. The molecule has 144 valence electrons. The maximum Gasteiger partial charge on any atom is 0.158 e. The summed E-state index contributed by atoms with van der Waals surface area (Å²) in [4.78, 5) is 7.47. The fourth-order valence-corrected chi connectivity index (χ4v) is 3.20. The molecule has 1 atom stereocenters. The molecule has 28 heavy (non-hydrogen) atoms. The zero-order valence-corrected chi connectivity index (χ0v) is 14.9. The van der Waals surface area contributed by atoms with Gasteiger partial charge in [0.25, 0.3) is 0 Å². The van der Waals surface area contributed by atoms with Gasteiger partial charge in [-0.25, -0.2) is 13.8 Å². The molecule has 0 saturated carbocycles. The van der Waals surface area contributed by atoms with Crippen LogP contribution in [0.4, 0.5) is 14.5 Å². The van der Waals surface area contributed by atoms with Crippen LogP contribution in [0.25, 0.3) is 22.6 Å². The Morgan fingerprint density at radius 1 is 1.21 bits per heavy atom. The lowest BCUT2D eigenvalue weighted by Crippen LogP contribution is -2.13. The minimum Gasteiger partial charge on any atom is -0.392 e. The Balaban J connectivity index is 1.71. The first-order valence-corrected chi connectivity index (χ1v) is 8.57. The molecule has 0 aliphatic carbocycles. The van der Waals surface area contributed by atoms with E-state index in [1.165, 1.54) is 12.3 Å². The molecule has 2 aromatic carbocycles. The number of aromatic amines is 2. The first-order valence-electron chi connectivity index (χ1n) is 8.19. The molecule has 0 aliphatic rings. The molecule has 0 spiro atoms. The minimum atomic E-state index is -1.65. The number of H-pyrrole nitrogens is 2. The van der Waals surface area contributed by atoms with Crippen molar-refractivity contribution in [1.82, 2.24) is 20.2 Å². The number of nitrogens with zero attached hydrogens (tertiary/aromatic N) is 2. The first kappa shape index (κ1) is 18.4. The van der Waals surface area contributed by atoms with Gasteiger partial charge in [-0.2, -0.15) is 5.10 Å². The van der Waals surface area contributed by atoms with E-state index in [4.69, 9.17) is 11.6 Å². The molecule has 2 aromatic heterocycles. The summed E-state index contributed by atoms with van der Waals surface area (Å²) in [5.74, 6) is -1.42.